The molecule has 0 aromatic heterocycles. The Balaban J connectivity index is 1.49. The molecule has 0 spiro atoms. The molecule has 4 heteroatoms. The second-order valence-electron chi connectivity index (χ2n) is 10.5. The van der Waals surface area contributed by atoms with Gasteiger partial charge in [0.15, 0.2) is 5.54 Å². The normalized spacial score (nSPS) is 20.9. The van der Waals surface area contributed by atoms with E-state index in [0.29, 0.717) is 11.8 Å². The van der Waals surface area contributed by atoms with E-state index < -0.39 is 5.54 Å². The molecule has 1 N–H and O–H groups in total. The maximum Gasteiger partial charge on any atom is 0.230 e. The van der Waals surface area contributed by atoms with Gasteiger partial charge in [-0.1, -0.05) is 135 Å². The van der Waals surface area contributed by atoms with Crippen molar-refractivity contribution in [3.8, 4) is 0 Å². The van der Waals surface area contributed by atoms with E-state index in [9.17, 15) is 0 Å². The molecule has 4 nitrogen and oxygen atoms in total. The van der Waals surface area contributed by atoms with Crippen LogP contribution in [0.15, 0.2) is 137 Å². The fourth-order valence-corrected chi connectivity index (χ4v) is 5.55. The lowest BCUT2D eigenvalue weighted by atomic mass is 9.72. The third-order valence-corrected chi connectivity index (χ3v) is 7.55. The Hall–Kier alpha value is -4.28. The van der Waals surface area contributed by atoms with Gasteiger partial charge in [0, 0.05) is 12.5 Å². The van der Waals surface area contributed by atoms with Crippen LogP contribution in [0.3, 0.4) is 0 Å². The van der Waals surface area contributed by atoms with Crippen LogP contribution in [-0.2, 0) is 16.8 Å². The van der Waals surface area contributed by atoms with Gasteiger partial charge < -0.3 is 10.1 Å². The average molecular weight is 512 g/mol. The van der Waals surface area contributed by atoms with Crippen LogP contribution in [0, 0.1) is 5.92 Å². The quantitative estimate of drug-likeness (QED) is 0.269. The fraction of sp³-hybridized carbons (Fsp3) is 0.200. The minimum absolute atomic E-state index is 0.0734. The monoisotopic (exact) mass is 511 g/mol. The van der Waals surface area contributed by atoms with E-state index in [1.165, 1.54) is 11.1 Å². The third kappa shape index (κ3) is 4.84. The molecule has 2 aliphatic heterocycles. The molecule has 0 fully saturated rings. The maximum atomic E-state index is 6.74. The fourth-order valence-electron chi connectivity index (χ4n) is 5.55. The Labute approximate surface area is 230 Å². The Morgan fingerprint density at radius 3 is 2.00 bits per heavy atom. The number of benzene rings is 4. The highest BCUT2D eigenvalue weighted by atomic mass is 16.5. The smallest absolute Gasteiger partial charge is 0.230 e. The number of hydrogen-bond acceptors (Lipinski definition) is 4. The molecule has 6 rings (SSSR count). The minimum Gasteiger partial charge on any atom is -0.424 e. The van der Waals surface area contributed by atoms with Gasteiger partial charge in [0.25, 0.3) is 0 Å². The minimum atomic E-state index is -0.794. The number of nitrogens with zero attached hydrogens (tertiary/aromatic N) is 2. The molecule has 0 radical (unpaired) electrons. The summed E-state index contributed by atoms with van der Waals surface area (Å²) in [6.07, 6.45) is 2.26. The van der Waals surface area contributed by atoms with Crippen molar-refractivity contribution < 1.29 is 4.74 Å². The molecule has 4 aromatic carbocycles. The predicted octanol–water partition coefficient (Wildman–Crippen LogP) is 7.36. The van der Waals surface area contributed by atoms with Gasteiger partial charge in [-0.25, -0.2) is 9.98 Å². The lowest BCUT2D eigenvalue weighted by Gasteiger charge is -2.35. The molecule has 4 aromatic rings. The number of ether oxygens (including phenoxy) is 1. The first-order chi connectivity index (χ1) is 19.1. The summed E-state index contributed by atoms with van der Waals surface area (Å²) >= 11 is 0. The molecular weight excluding hydrogens is 478 g/mol. The largest absolute Gasteiger partial charge is 0.424 e. The van der Waals surface area contributed by atoms with E-state index >= 15 is 0 Å². The molecule has 0 saturated heterocycles. The van der Waals surface area contributed by atoms with Crippen molar-refractivity contribution >= 4 is 17.5 Å². The second-order valence-corrected chi connectivity index (χ2v) is 10.5. The number of nitrogens with one attached hydrogen (secondary N) is 1. The van der Waals surface area contributed by atoms with Gasteiger partial charge in [0.05, 0.1) is 11.7 Å². The molecule has 39 heavy (non-hydrogen) atoms. The molecule has 194 valence electrons. The first-order valence-corrected chi connectivity index (χ1v) is 13.7. The zero-order valence-corrected chi connectivity index (χ0v) is 22.4. The number of aliphatic imine (C=N–C) groups is 2. The Morgan fingerprint density at radius 1 is 0.769 bits per heavy atom. The summed E-state index contributed by atoms with van der Waals surface area (Å²) in [5, 5.41) is 3.73. The van der Waals surface area contributed by atoms with E-state index in [1.807, 2.05) is 30.3 Å². The number of rotatable bonds is 8. The lowest BCUT2D eigenvalue weighted by molar-refractivity contribution is 0.414. The predicted molar refractivity (Wildman–Crippen MR) is 160 cm³/mol. The van der Waals surface area contributed by atoms with Crippen molar-refractivity contribution in [1.29, 1.82) is 0 Å². The van der Waals surface area contributed by atoms with Crippen molar-refractivity contribution in [3.05, 3.63) is 150 Å². The number of hydrogen-bond donors (Lipinski definition) is 1. The topological polar surface area (TPSA) is 46.0 Å². The third-order valence-electron chi connectivity index (χ3n) is 7.55. The van der Waals surface area contributed by atoms with E-state index in [-0.39, 0.29) is 17.9 Å². The summed E-state index contributed by atoms with van der Waals surface area (Å²) in [6.45, 7) is 5.14. The van der Waals surface area contributed by atoms with Crippen LogP contribution in [0.25, 0.3) is 5.70 Å². The van der Waals surface area contributed by atoms with Crippen LogP contribution in [-0.4, -0.2) is 17.8 Å². The van der Waals surface area contributed by atoms with Crippen molar-refractivity contribution in [3.63, 3.8) is 0 Å². The van der Waals surface area contributed by atoms with Crippen LogP contribution < -0.4 is 5.32 Å². The second kappa shape index (κ2) is 10.8. The van der Waals surface area contributed by atoms with Gasteiger partial charge in [0.1, 0.15) is 0 Å². The van der Waals surface area contributed by atoms with Gasteiger partial charge >= 0.3 is 0 Å². The molecule has 0 aliphatic carbocycles. The molecule has 0 bridgehead atoms. The first kappa shape index (κ1) is 25.0. The Bertz CT molecular complexity index is 1500. The summed E-state index contributed by atoms with van der Waals surface area (Å²) in [6, 6.07) is 41.8. The van der Waals surface area contributed by atoms with Crippen LogP contribution in [0.5, 0.6) is 0 Å². The van der Waals surface area contributed by atoms with Crippen LogP contribution in [0.1, 0.15) is 42.0 Å². The highest BCUT2D eigenvalue weighted by Crippen LogP contribution is 2.50. The molecule has 0 saturated carbocycles. The van der Waals surface area contributed by atoms with E-state index in [4.69, 9.17) is 14.7 Å². The molecule has 1 unspecified atom stereocenters. The lowest BCUT2D eigenvalue weighted by Crippen LogP contribution is -2.41. The maximum absolute atomic E-state index is 6.74. The average Bonchev–Trinajstić information content (AvgIpc) is 3.39. The molecule has 3 atom stereocenters. The van der Waals surface area contributed by atoms with Crippen molar-refractivity contribution in [1.82, 2.24) is 5.32 Å². The highest BCUT2D eigenvalue weighted by molar-refractivity contribution is 6.09. The highest BCUT2D eigenvalue weighted by Gasteiger charge is 2.54. The van der Waals surface area contributed by atoms with Gasteiger partial charge in [0.2, 0.25) is 11.8 Å². The molecule has 2 heterocycles. The van der Waals surface area contributed by atoms with Crippen LogP contribution in [0.4, 0.5) is 0 Å². The van der Waals surface area contributed by atoms with Gasteiger partial charge in [-0.05, 0) is 34.2 Å². The SMILES string of the molecule is CC(C)C(NCc1ccccc1)C1=N[C@@]2(c3ccccc3)C(=NC(c3ccccc3)=C[C@H]2c2ccccc2)O1. The van der Waals surface area contributed by atoms with Gasteiger partial charge in [-0.15, -0.1) is 0 Å². The standard InChI is InChI=1S/C35H33N3O/c1-25(2)32(36-24-26-15-7-3-8-16-26)33-38-35(29-21-13-6-14-22-29)30(27-17-9-4-10-18-27)23-31(37-34(35)39-33)28-19-11-5-12-20-28/h3-23,25,30,32,36H,24H2,1-2H3/t30-,32?,35+/m0/s1. The van der Waals surface area contributed by atoms with E-state index in [0.717, 1.165) is 23.4 Å². The zero-order valence-electron chi connectivity index (χ0n) is 22.4. The molecule has 0 amide bonds. The summed E-state index contributed by atoms with van der Waals surface area (Å²) in [5.74, 6) is 1.49. The van der Waals surface area contributed by atoms with Crippen molar-refractivity contribution in [2.75, 3.05) is 0 Å². The molecule has 2 aliphatic rings. The van der Waals surface area contributed by atoms with E-state index in [2.05, 4.69) is 116 Å². The summed E-state index contributed by atoms with van der Waals surface area (Å²) in [5.41, 5.74) is 4.64. The summed E-state index contributed by atoms with van der Waals surface area (Å²) in [4.78, 5) is 10.6. The Kier molecular flexibility index (Phi) is 6.95. The van der Waals surface area contributed by atoms with Crippen molar-refractivity contribution in [2.24, 2.45) is 15.9 Å². The van der Waals surface area contributed by atoms with E-state index in [1.54, 1.807) is 0 Å². The van der Waals surface area contributed by atoms with Crippen LogP contribution >= 0.6 is 0 Å². The van der Waals surface area contributed by atoms with Gasteiger partial charge in [-0.2, -0.15) is 0 Å². The number of fused-ring (bicyclic) bond motifs is 1. The van der Waals surface area contributed by atoms with Crippen LogP contribution in [0.2, 0.25) is 0 Å². The summed E-state index contributed by atoms with van der Waals surface area (Å²) in [7, 11) is 0. The van der Waals surface area contributed by atoms with Crippen molar-refractivity contribution in [2.45, 2.75) is 37.9 Å². The Morgan fingerprint density at radius 2 is 1.36 bits per heavy atom. The van der Waals surface area contributed by atoms with Gasteiger partial charge in [-0.3, -0.25) is 0 Å². The molecular formula is C35H33N3O. The first-order valence-electron chi connectivity index (χ1n) is 13.7. The summed E-state index contributed by atoms with van der Waals surface area (Å²) < 4.78 is 6.74. The zero-order chi connectivity index (χ0) is 26.7.